The fourth-order valence-corrected chi connectivity index (χ4v) is 4.85. The molecule has 0 unspecified atom stereocenters. The highest BCUT2D eigenvalue weighted by atomic mass is 32.1. The topological polar surface area (TPSA) is 75.2 Å². The van der Waals surface area contributed by atoms with Gasteiger partial charge in [-0.15, -0.1) is 21.5 Å². The quantitative estimate of drug-likeness (QED) is 0.686. The third-order valence-corrected chi connectivity index (χ3v) is 6.61. The van der Waals surface area contributed by atoms with E-state index in [1.165, 1.54) is 11.3 Å². The van der Waals surface area contributed by atoms with Crippen LogP contribution in [0.25, 0.3) is 0 Å². The Balaban J connectivity index is 1.44. The molecule has 0 bridgehead atoms. The van der Waals surface area contributed by atoms with Crippen LogP contribution in [0.4, 0.5) is 5.69 Å². The molecule has 0 saturated carbocycles. The van der Waals surface area contributed by atoms with E-state index in [1.807, 2.05) is 53.6 Å². The van der Waals surface area contributed by atoms with Crippen molar-refractivity contribution < 1.29 is 9.59 Å². The monoisotopic (exact) mass is 412 g/mol. The van der Waals surface area contributed by atoms with E-state index >= 15 is 0 Å². The first-order valence-electron chi connectivity index (χ1n) is 9.13. The van der Waals surface area contributed by atoms with E-state index in [2.05, 4.69) is 15.5 Å². The summed E-state index contributed by atoms with van der Waals surface area (Å²) < 4.78 is 0. The second-order valence-corrected chi connectivity index (χ2v) is 8.81. The number of hydrogen-bond donors (Lipinski definition) is 1. The Morgan fingerprint density at radius 2 is 2.04 bits per heavy atom. The van der Waals surface area contributed by atoms with Gasteiger partial charge in [0, 0.05) is 17.1 Å². The number of carbonyl (C=O) groups is 2. The number of amides is 2. The van der Waals surface area contributed by atoms with Gasteiger partial charge >= 0.3 is 0 Å². The van der Waals surface area contributed by atoms with E-state index in [0.717, 1.165) is 40.5 Å². The molecule has 2 amide bonds. The zero-order valence-electron chi connectivity index (χ0n) is 15.4. The molecular formula is C20H20N4O2S2. The molecule has 144 valence electrons. The average Bonchev–Trinajstić information content (AvgIpc) is 3.44. The molecule has 0 spiro atoms. The Morgan fingerprint density at radius 1 is 1.21 bits per heavy atom. The van der Waals surface area contributed by atoms with Crippen LogP contribution in [0.2, 0.25) is 0 Å². The smallest absolute Gasteiger partial charge is 0.286 e. The molecule has 1 saturated heterocycles. The Hall–Kier alpha value is -2.58. The summed E-state index contributed by atoms with van der Waals surface area (Å²) in [5.41, 5.74) is 1.85. The number of hydrogen-bond acceptors (Lipinski definition) is 6. The Labute approximate surface area is 171 Å². The van der Waals surface area contributed by atoms with Gasteiger partial charge in [-0.25, -0.2) is 0 Å². The third-order valence-electron chi connectivity index (χ3n) is 4.71. The summed E-state index contributed by atoms with van der Waals surface area (Å²) in [7, 11) is 0. The Morgan fingerprint density at radius 3 is 2.79 bits per heavy atom. The van der Waals surface area contributed by atoms with Crippen molar-refractivity contribution in [2.75, 3.05) is 11.9 Å². The maximum Gasteiger partial charge on any atom is 0.286 e. The van der Waals surface area contributed by atoms with Gasteiger partial charge in [0.15, 0.2) is 0 Å². The molecule has 3 heterocycles. The van der Waals surface area contributed by atoms with E-state index in [-0.39, 0.29) is 17.9 Å². The number of thiophene rings is 1. The fourth-order valence-electron chi connectivity index (χ4n) is 3.27. The summed E-state index contributed by atoms with van der Waals surface area (Å²) in [6.45, 7) is 2.72. The van der Waals surface area contributed by atoms with Gasteiger partial charge in [0.25, 0.3) is 5.91 Å². The van der Waals surface area contributed by atoms with Crippen molar-refractivity contribution in [1.29, 1.82) is 0 Å². The van der Waals surface area contributed by atoms with Crippen LogP contribution in [-0.2, 0) is 11.2 Å². The van der Waals surface area contributed by atoms with Crippen LogP contribution >= 0.6 is 22.7 Å². The van der Waals surface area contributed by atoms with Crippen LogP contribution < -0.4 is 5.32 Å². The molecule has 1 aromatic carbocycles. The van der Waals surface area contributed by atoms with E-state index in [4.69, 9.17) is 0 Å². The number of anilines is 1. The number of aryl methyl sites for hydroxylation is 1. The zero-order valence-corrected chi connectivity index (χ0v) is 17.1. The van der Waals surface area contributed by atoms with Crippen LogP contribution in [0.5, 0.6) is 0 Å². The van der Waals surface area contributed by atoms with Crippen molar-refractivity contribution in [2.24, 2.45) is 0 Å². The molecule has 1 aliphatic rings. The number of aromatic nitrogens is 2. The lowest BCUT2D eigenvalue weighted by molar-refractivity contribution is -0.131. The van der Waals surface area contributed by atoms with Gasteiger partial charge < -0.3 is 10.2 Å². The highest BCUT2D eigenvalue weighted by molar-refractivity contribution is 7.13. The number of benzene rings is 1. The summed E-state index contributed by atoms with van der Waals surface area (Å²) in [4.78, 5) is 28.1. The van der Waals surface area contributed by atoms with Crippen molar-refractivity contribution in [3.8, 4) is 0 Å². The lowest BCUT2D eigenvalue weighted by Crippen LogP contribution is -2.31. The second-order valence-electron chi connectivity index (χ2n) is 6.77. The van der Waals surface area contributed by atoms with E-state index in [0.29, 0.717) is 11.4 Å². The Kier molecular flexibility index (Phi) is 5.50. The molecule has 1 aliphatic heterocycles. The molecule has 28 heavy (non-hydrogen) atoms. The van der Waals surface area contributed by atoms with E-state index < -0.39 is 0 Å². The van der Waals surface area contributed by atoms with Crippen LogP contribution in [-0.4, -0.2) is 33.5 Å². The maximum absolute atomic E-state index is 12.7. The summed E-state index contributed by atoms with van der Waals surface area (Å²) in [6.07, 6.45) is 2.20. The largest absolute Gasteiger partial charge is 0.333 e. The molecule has 6 nitrogen and oxygen atoms in total. The SMILES string of the molecule is Cc1ccc(NC(=O)c2nnc([C@@H]3CCCN3C(=O)Cc3cccs3)s2)cc1. The predicted octanol–water partition coefficient (Wildman–Crippen LogP) is 4.07. The van der Waals surface area contributed by atoms with Gasteiger partial charge in [0.05, 0.1) is 12.5 Å². The number of rotatable bonds is 5. The van der Waals surface area contributed by atoms with Gasteiger partial charge in [-0.3, -0.25) is 9.59 Å². The molecule has 3 aromatic rings. The van der Waals surface area contributed by atoms with Crippen LogP contribution in [0, 0.1) is 6.92 Å². The number of likely N-dealkylation sites (tertiary alicyclic amines) is 1. The van der Waals surface area contributed by atoms with E-state index in [9.17, 15) is 9.59 Å². The molecule has 1 atom stereocenters. The van der Waals surface area contributed by atoms with Crippen molar-refractivity contribution in [3.05, 3.63) is 62.2 Å². The Bertz CT molecular complexity index is 967. The molecule has 1 N–H and O–H groups in total. The van der Waals surface area contributed by atoms with E-state index in [1.54, 1.807) is 11.3 Å². The van der Waals surface area contributed by atoms with Gasteiger partial charge in [-0.2, -0.15) is 0 Å². The number of nitrogens with one attached hydrogen (secondary N) is 1. The molecule has 1 fully saturated rings. The molecule has 0 aliphatic carbocycles. The average molecular weight is 413 g/mol. The molecule has 4 rings (SSSR count). The van der Waals surface area contributed by atoms with Crippen molar-refractivity contribution in [1.82, 2.24) is 15.1 Å². The fraction of sp³-hybridized carbons (Fsp3) is 0.300. The normalized spacial score (nSPS) is 16.3. The van der Waals surface area contributed by atoms with Crippen molar-refractivity contribution in [2.45, 2.75) is 32.2 Å². The molecule has 0 radical (unpaired) electrons. The molecule has 8 heteroatoms. The van der Waals surface area contributed by atoms with Crippen molar-refractivity contribution in [3.63, 3.8) is 0 Å². The minimum absolute atomic E-state index is 0.0918. The summed E-state index contributed by atoms with van der Waals surface area (Å²) in [5.74, 6) is -0.173. The predicted molar refractivity (Wildman–Crippen MR) is 111 cm³/mol. The summed E-state index contributed by atoms with van der Waals surface area (Å²) >= 11 is 2.86. The zero-order chi connectivity index (χ0) is 19.5. The first kappa shape index (κ1) is 18.8. The lowest BCUT2D eigenvalue weighted by atomic mass is 10.2. The van der Waals surface area contributed by atoms with Crippen molar-refractivity contribution >= 4 is 40.2 Å². The van der Waals surface area contributed by atoms with Gasteiger partial charge in [0.1, 0.15) is 5.01 Å². The van der Waals surface area contributed by atoms with Gasteiger partial charge in [-0.05, 0) is 43.3 Å². The standard InChI is InChI=1S/C20H20N4O2S2/c1-13-6-8-14(9-7-13)21-18(26)20-23-22-19(28-20)16-5-2-10-24(16)17(25)12-15-4-3-11-27-15/h3-4,6-9,11,16H,2,5,10,12H2,1H3,(H,21,26)/t16-/m0/s1. The summed E-state index contributed by atoms with van der Waals surface area (Å²) in [5, 5.41) is 14.1. The first-order valence-corrected chi connectivity index (χ1v) is 10.8. The highest BCUT2D eigenvalue weighted by Crippen LogP contribution is 2.34. The minimum Gasteiger partial charge on any atom is -0.333 e. The third kappa shape index (κ3) is 4.13. The van der Waals surface area contributed by atoms with Gasteiger partial charge in [0.2, 0.25) is 10.9 Å². The lowest BCUT2D eigenvalue weighted by Gasteiger charge is -2.22. The van der Waals surface area contributed by atoms with Crippen LogP contribution in [0.1, 0.15) is 44.1 Å². The number of nitrogens with zero attached hydrogens (tertiary/aromatic N) is 3. The molecular weight excluding hydrogens is 392 g/mol. The minimum atomic E-state index is -0.276. The maximum atomic E-state index is 12.7. The highest BCUT2D eigenvalue weighted by Gasteiger charge is 2.33. The second kappa shape index (κ2) is 8.20. The number of carbonyl (C=O) groups excluding carboxylic acids is 2. The van der Waals surface area contributed by atoms with Crippen LogP contribution in [0.3, 0.4) is 0 Å². The van der Waals surface area contributed by atoms with Crippen LogP contribution in [0.15, 0.2) is 41.8 Å². The molecule has 2 aromatic heterocycles. The van der Waals surface area contributed by atoms with Gasteiger partial charge in [-0.1, -0.05) is 35.1 Å². The summed E-state index contributed by atoms with van der Waals surface area (Å²) in [6, 6.07) is 11.4. The first-order chi connectivity index (χ1) is 13.6.